The Balaban J connectivity index is 1.10. The van der Waals surface area contributed by atoms with E-state index in [1.54, 1.807) is 36.4 Å². The third-order valence-corrected chi connectivity index (χ3v) is 7.57. The summed E-state index contributed by atoms with van der Waals surface area (Å²) in [5.74, 6) is 1.18. The molecule has 7 heteroatoms. The number of likely N-dealkylation sites (tertiary alicyclic amines) is 1. The number of imide groups is 1. The minimum atomic E-state index is -0.393. The fourth-order valence-electron chi connectivity index (χ4n) is 5.78. The third kappa shape index (κ3) is 3.05. The van der Waals surface area contributed by atoms with Crippen LogP contribution in [0.3, 0.4) is 0 Å². The van der Waals surface area contributed by atoms with Crippen molar-refractivity contribution in [1.29, 1.82) is 0 Å². The molecule has 2 aromatic rings. The molecule has 32 heavy (non-hydrogen) atoms. The second kappa shape index (κ2) is 7.20. The lowest BCUT2D eigenvalue weighted by Gasteiger charge is -2.37. The van der Waals surface area contributed by atoms with Gasteiger partial charge in [0, 0.05) is 5.69 Å². The van der Waals surface area contributed by atoms with Crippen LogP contribution in [-0.2, 0) is 14.4 Å². The first-order chi connectivity index (χ1) is 15.5. The zero-order chi connectivity index (χ0) is 22.0. The summed E-state index contributed by atoms with van der Waals surface area (Å²) in [4.78, 5) is 39.8. The lowest BCUT2D eigenvalue weighted by atomic mass is 9.63. The van der Waals surface area contributed by atoms with E-state index in [1.165, 1.54) is 0 Å². The molecule has 2 aromatic carbocycles. The lowest BCUT2D eigenvalue weighted by molar-refractivity contribution is -0.142. The van der Waals surface area contributed by atoms with Crippen LogP contribution in [0.5, 0.6) is 11.5 Å². The van der Waals surface area contributed by atoms with Gasteiger partial charge in [-0.25, -0.2) is 0 Å². The average molecular weight is 449 g/mol. The molecule has 0 radical (unpaired) electrons. The van der Waals surface area contributed by atoms with Gasteiger partial charge in [0.15, 0.2) is 0 Å². The van der Waals surface area contributed by atoms with Gasteiger partial charge in [-0.2, -0.15) is 0 Å². The molecule has 162 valence electrons. The monoisotopic (exact) mass is 448 g/mol. The van der Waals surface area contributed by atoms with Crippen molar-refractivity contribution in [2.45, 2.75) is 6.42 Å². The molecule has 5 aliphatic rings. The standard InChI is InChI=1S/C25H21ClN2O4/c26-19-3-1-2-4-20(19)32-14-7-5-13(6-8-14)27-21(29)12-28-24(30)22-15-9-10-16(18-11-17(15)18)23(22)25(28)31/h1-10,15-18,22-23H,11-12H2,(H,27,29)/t15-,16-,17-,18+,22-,23-/m1/s1. The maximum atomic E-state index is 13.0. The molecule has 1 heterocycles. The van der Waals surface area contributed by atoms with Crippen LogP contribution in [-0.4, -0.2) is 29.2 Å². The molecule has 0 spiro atoms. The van der Waals surface area contributed by atoms with Crippen LogP contribution in [0.4, 0.5) is 5.69 Å². The minimum Gasteiger partial charge on any atom is -0.456 e. The maximum absolute atomic E-state index is 13.0. The fraction of sp³-hybridized carbons (Fsp3) is 0.320. The van der Waals surface area contributed by atoms with Crippen LogP contribution in [0.15, 0.2) is 60.7 Å². The van der Waals surface area contributed by atoms with E-state index in [0.717, 1.165) is 11.3 Å². The number of amides is 3. The summed E-state index contributed by atoms with van der Waals surface area (Å²) in [6.45, 7) is -0.253. The molecule has 3 fully saturated rings. The third-order valence-electron chi connectivity index (χ3n) is 7.26. The molecule has 0 unspecified atom stereocenters. The molecular weight excluding hydrogens is 428 g/mol. The number of hydrogen-bond donors (Lipinski definition) is 1. The molecule has 0 aromatic heterocycles. The van der Waals surface area contributed by atoms with Crippen molar-refractivity contribution in [1.82, 2.24) is 4.90 Å². The molecule has 3 amide bonds. The van der Waals surface area contributed by atoms with Crippen molar-refractivity contribution in [3.8, 4) is 11.5 Å². The first-order valence-corrected chi connectivity index (χ1v) is 11.2. The van der Waals surface area contributed by atoms with Crippen molar-refractivity contribution in [3.63, 3.8) is 0 Å². The highest BCUT2D eigenvalue weighted by Crippen LogP contribution is 2.65. The number of para-hydroxylation sites is 1. The Labute approximate surface area is 190 Å². The van der Waals surface area contributed by atoms with Crippen molar-refractivity contribution in [3.05, 3.63) is 65.7 Å². The number of hydrogen-bond acceptors (Lipinski definition) is 4. The maximum Gasteiger partial charge on any atom is 0.244 e. The molecule has 7 rings (SSSR count). The number of nitrogens with zero attached hydrogens (tertiary/aromatic N) is 1. The quantitative estimate of drug-likeness (QED) is 0.551. The van der Waals surface area contributed by atoms with Crippen molar-refractivity contribution in [2.24, 2.45) is 35.5 Å². The summed E-state index contributed by atoms with van der Waals surface area (Å²) in [5, 5.41) is 3.27. The molecule has 1 aliphatic heterocycles. The highest BCUT2D eigenvalue weighted by Gasteiger charge is 2.67. The smallest absolute Gasteiger partial charge is 0.244 e. The SMILES string of the molecule is O=C(CN1C(=O)[C@@H]2[C@@H]3C=C[C@H]([C@@H]4C[C@H]34)[C@H]2C1=O)Nc1ccc(Oc2ccccc2Cl)cc1. The largest absolute Gasteiger partial charge is 0.456 e. The first-order valence-electron chi connectivity index (χ1n) is 10.9. The lowest BCUT2D eigenvalue weighted by Crippen LogP contribution is -2.40. The highest BCUT2D eigenvalue weighted by atomic mass is 35.5. The Hall–Kier alpha value is -3.12. The molecule has 2 bridgehead atoms. The van der Waals surface area contributed by atoms with Crippen LogP contribution in [0.1, 0.15) is 6.42 Å². The predicted molar refractivity (Wildman–Crippen MR) is 118 cm³/mol. The van der Waals surface area contributed by atoms with Crippen molar-refractivity contribution in [2.75, 3.05) is 11.9 Å². The number of allylic oxidation sites excluding steroid dienone is 2. The minimum absolute atomic E-state index is 0.158. The van der Waals surface area contributed by atoms with E-state index in [9.17, 15) is 14.4 Å². The van der Waals surface area contributed by atoms with Gasteiger partial charge >= 0.3 is 0 Å². The van der Waals surface area contributed by atoms with Gasteiger partial charge in [-0.3, -0.25) is 19.3 Å². The summed E-state index contributed by atoms with van der Waals surface area (Å²) in [6, 6.07) is 14.0. The van der Waals surface area contributed by atoms with Gasteiger partial charge in [0.1, 0.15) is 18.0 Å². The van der Waals surface area contributed by atoms with E-state index >= 15 is 0 Å². The highest BCUT2D eigenvalue weighted by molar-refractivity contribution is 6.32. The number of halogens is 1. The topological polar surface area (TPSA) is 75.7 Å². The average Bonchev–Trinajstić information content (AvgIpc) is 3.58. The number of benzene rings is 2. The van der Waals surface area contributed by atoms with Gasteiger partial charge in [-0.15, -0.1) is 0 Å². The van der Waals surface area contributed by atoms with E-state index in [0.29, 0.717) is 34.0 Å². The number of anilines is 1. The zero-order valence-corrected chi connectivity index (χ0v) is 17.9. The van der Waals surface area contributed by atoms with Crippen LogP contribution in [0.2, 0.25) is 5.02 Å². The molecule has 4 aliphatic carbocycles. The van der Waals surface area contributed by atoms with E-state index in [2.05, 4.69) is 17.5 Å². The Morgan fingerprint density at radius 1 is 0.969 bits per heavy atom. The molecular formula is C25H21ClN2O4. The van der Waals surface area contributed by atoms with Crippen molar-refractivity contribution >= 4 is 35.0 Å². The van der Waals surface area contributed by atoms with Gasteiger partial charge in [-0.1, -0.05) is 35.9 Å². The molecule has 1 N–H and O–H groups in total. The second-order valence-corrected chi connectivity index (χ2v) is 9.43. The summed E-state index contributed by atoms with van der Waals surface area (Å²) in [7, 11) is 0. The first kappa shape index (κ1) is 19.6. The Morgan fingerprint density at radius 3 is 2.22 bits per heavy atom. The Morgan fingerprint density at radius 2 is 1.59 bits per heavy atom. The second-order valence-electron chi connectivity index (χ2n) is 9.02. The number of carbonyl (C=O) groups excluding carboxylic acids is 3. The van der Waals surface area contributed by atoms with Crippen LogP contribution in [0.25, 0.3) is 0 Å². The van der Waals surface area contributed by atoms with Crippen LogP contribution in [0, 0.1) is 35.5 Å². The van der Waals surface area contributed by atoms with E-state index in [1.807, 2.05) is 12.1 Å². The van der Waals surface area contributed by atoms with Gasteiger partial charge in [0.25, 0.3) is 0 Å². The number of carbonyl (C=O) groups is 3. The Kier molecular flexibility index (Phi) is 4.40. The molecule has 2 saturated carbocycles. The molecule has 6 nitrogen and oxygen atoms in total. The van der Waals surface area contributed by atoms with Crippen LogP contribution >= 0.6 is 11.6 Å². The van der Waals surface area contributed by atoms with Crippen LogP contribution < -0.4 is 10.1 Å². The fourth-order valence-corrected chi connectivity index (χ4v) is 5.95. The van der Waals surface area contributed by atoms with E-state index < -0.39 is 5.91 Å². The number of rotatable bonds is 5. The molecule has 1 saturated heterocycles. The normalized spacial score (nSPS) is 31.3. The van der Waals surface area contributed by atoms with Gasteiger partial charge < -0.3 is 10.1 Å². The van der Waals surface area contributed by atoms with Crippen molar-refractivity contribution < 1.29 is 19.1 Å². The summed E-state index contributed by atoms with van der Waals surface area (Å²) in [6.07, 6.45) is 5.37. The zero-order valence-electron chi connectivity index (χ0n) is 17.1. The van der Waals surface area contributed by atoms with E-state index in [-0.39, 0.29) is 42.0 Å². The van der Waals surface area contributed by atoms with Gasteiger partial charge in [0.05, 0.1) is 16.9 Å². The molecule has 6 atom stereocenters. The number of nitrogens with one attached hydrogen (secondary N) is 1. The van der Waals surface area contributed by atoms with Gasteiger partial charge in [-0.05, 0) is 66.5 Å². The Bertz CT molecular complexity index is 1120. The summed E-state index contributed by atoms with van der Waals surface area (Å²) < 4.78 is 5.75. The van der Waals surface area contributed by atoms with Gasteiger partial charge in [0.2, 0.25) is 17.7 Å². The predicted octanol–water partition coefficient (Wildman–Crippen LogP) is 4.12. The number of ether oxygens (including phenoxy) is 1. The summed E-state index contributed by atoms with van der Waals surface area (Å²) >= 11 is 6.11. The van der Waals surface area contributed by atoms with E-state index in [4.69, 9.17) is 16.3 Å². The summed E-state index contributed by atoms with van der Waals surface area (Å²) in [5.41, 5.74) is 0.556.